The average Bonchev–Trinajstić information content (AvgIpc) is 3.13. The highest BCUT2D eigenvalue weighted by atomic mass is 19.1. The molecule has 1 aromatic carbocycles. The van der Waals surface area contributed by atoms with Gasteiger partial charge in [0.05, 0.1) is 11.0 Å². The third kappa shape index (κ3) is 3.07. The van der Waals surface area contributed by atoms with Crippen LogP contribution >= 0.6 is 0 Å². The number of hydrogen-bond donors (Lipinski definition) is 2. The van der Waals surface area contributed by atoms with Crippen molar-refractivity contribution in [1.29, 1.82) is 0 Å². The van der Waals surface area contributed by atoms with Crippen LogP contribution in [0.5, 0.6) is 11.8 Å². The summed E-state index contributed by atoms with van der Waals surface area (Å²) in [6, 6.07) is 9.17. The van der Waals surface area contributed by atoms with Crippen molar-refractivity contribution < 1.29 is 13.9 Å². The van der Waals surface area contributed by atoms with Gasteiger partial charge < -0.3 is 15.4 Å². The summed E-state index contributed by atoms with van der Waals surface area (Å²) in [5.41, 5.74) is 0.854. The highest BCUT2D eigenvalue weighted by Gasteiger charge is 2.55. The van der Waals surface area contributed by atoms with Crippen molar-refractivity contribution in [2.75, 3.05) is 0 Å². The summed E-state index contributed by atoms with van der Waals surface area (Å²) >= 11 is 0. The lowest BCUT2D eigenvalue weighted by Gasteiger charge is -2.47. The van der Waals surface area contributed by atoms with Crippen LogP contribution in [0.3, 0.4) is 0 Å². The molecule has 2 N–H and O–H groups in total. The van der Waals surface area contributed by atoms with E-state index in [1.54, 1.807) is 30.6 Å². The predicted octanol–water partition coefficient (Wildman–Crippen LogP) is 4.05. The summed E-state index contributed by atoms with van der Waals surface area (Å²) in [6.45, 7) is 5.85. The van der Waals surface area contributed by atoms with Gasteiger partial charge in [-0.25, -0.2) is 9.97 Å². The number of nitrogens with one attached hydrogen (secondary N) is 2. The smallest absolute Gasteiger partial charge is 0.321 e. The Kier molecular flexibility index (Phi) is 4.58. The Morgan fingerprint density at radius 3 is 2.75 bits per heavy atom. The number of hydrogen-bond acceptors (Lipinski definition) is 7. The first-order valence-electron chi connectivity index (χ1n) is 10.5. The number of ether oxygens (including phenoxy) is 1. The van der Waals surface area contributed by atoms with Gasteiger partial charge in [0, 0.05) is 35.6 Å². The maximum absolute atomic E-state index is 15.1. The van der Waals surface area contributed by atoms with Crippen molar-refractivity contribution in [1.82, 2.24) is 20.6 Å². The lowest BCUT2D eigenvalue weighted by atomic mass is 9.62. The standard InChI is InChI=1S/C23H23FN6O2/c1-4-23(13-7-5-8-14(11-13)32-21-25-9-6-10-26-21)16-15(12-22(2,3)28-20(16)31)27-19-17(23)18(24)29-30-19/h5-11,19,27H,4,12H2,1-3H3,(H,28,31)/t19?,23-/m0/s1. The van der Waals surface area contributed by atoms with E-state index in [1.807, 2.05) is 32.9 Å². The summed E-state index contributed by atoms with van der Waals surface area (Å²) in [6.07, 6.45) is 3.54. The second kappa shape index (κ2) is 7.22. The summed E-state index contributed by atoms with van der Waals surface area (Å²) in [7, 11) is 0. The SMILES string of the molecule is CC[C@]1(c2cccc(Oc3ncccn3)c2)C2=C(CC(C)(C)NC2=O)NC2N=NC(F)=C21. The fourth-order valence-electron chi connectivity index (χ4n) is 4.94. The molecule has 4 heterocycles. The number of halogens is 1. The van der Waals surface area contributed by atoms with Gasteiger partial charge in [-0.05, 0) is 44.0 Å². The van der Waals surface area contributed by atoms with E-state index in [2.05, 4.69) is 30.8 Å². The molecular formula is C23H23FN6O2. The molecule has 0 aliphatic carbocycles. The maximum atomic E-state index is 15.1. The number of aromatic nitrogens is 2. The molecule has 2 aromatic rings. The third-order valence-electron chi connectivity index (χ3n) is 6.16. The van der Waals surface area contributed by atoms with Crippen molar-refractivity contribution in [3.05, 3.63) is 71.1 Å². The molecule has 5 rings (SSSR count). The minimum atomic E-state index is -1.05. The van der Waals surface area contributed by atoms with Crippen molar-refractivity contribution in [2.24, 2.45) is 10.2 Å². The largest absolute Gasteiger partial charge is 0.424 e. The van der Waals surface area contributed by atoms with E-state index >= 15 is 4.39 Å². The van der Waals surface area contributed by atoms with Gasteiger partial charge in [-0.1, -0.05) is 19.1 Å². The van der Waals surface area contributed by atoms with Crippen molar-refractivity contribution in [2.45, 2.75) is 50.7 Å². The first-order chi connectivity index (χ1) is 15.3. The minimum absolute atomic E-state index is 0.201. The average molecular weight is 434 g/mol. The molecule has 1 unspecified atom stereocenters. The number of benzene rings is 1. The van der Waals surface area contributed by atoms with Crippen LogP contribution in [0.4, 0.5) is 4.39 Å². The van der Waals surface area contributed by atoms with Crippen molar-refractivity contribution in [3.63, 3.8) is 0 Å². The van der Waals surface area contributed by atoms with Crippen LogP contribution in [0.1, 0.15) is 39.2 Å². The van der Waals surface area contributed by atoms with Crippen LogP contribution in [0, 0.1) is 0 Å². The van der Waals surface area contributed by atoms with Gasteiger partial charge in [-0.3, -0.25) is 4.79 Å². The second-order valence-corrected chi connectivity index (χ2v) is 8.76. The van der Waals surface area contributed by atoms with Gasteiger partial charge in [0.1, 0.15) is 5.75 Å². The van der Waals surface area contributed by atoms with Crippen molar-refractivity contribution >= 4 is 5.91 Å². The van der Waals surface area contributed by atoms with Gasteiger partial charge in [0.15, 0.2) is 6.17 Å². The van der Waals surface area contributed by atoms with Crippen LogP contribution < -0.4 is 15.4 Å². The van der Waals surface area contributed by atoms with Crippen LogP contribution in [0.2, 0.25) is 0 Å². The molecule has 1 amide bonds. The van der Waals surface area contributed by atoms with Crippen LogP contribution in [0.15, 0.2) is 75.7 Å². The molecule has 32 heavy (non-hydrogen) atoms. The van der Waals surface area contributed by atoms with Crippen molar-refractivity contribution in [3.8, 4) is 11.8 Å². The van der Waals surface area contributed by atoms with Crippen LogP contribution in [-0.4, -0.2) is 27.6 Å². The molecule has 0 saturated carbocycles. The van der Waals surface area contributed by atoms with Gasteiger partial charge >= 0.3 is 6.01 Å². The molecule has 9 heteroatoms. The first kappa shape index (κ1) is 20.3. The number of fused-ring (bicyclic) bond motifs is 1. The number of rotatable bonds is 4. The Morgan fingerprint density at radius 2 is 2.00 bits per heavy atom. The molecule has 3 aliphatic heterocycles. The normalized spacial score (nSPS) is 25.8. The zero-order valence-electron chi connectivity index (χ0n) is 18.0. The summed E-state index contributed by atoms with van der Waals surface area (Å²) in [5, 5.41) is 14.2. The van der Waals surface area contributed by atoms with E-state index in [1.165, 1.54) is 0 Å². The fourth-order valence-corrected chi connectivity index (χ4v) is 4.94. The highest BCUT2D eigenvalue weighted by Crippen LogP contribution is 2.53. The minimum Gasteiger partial charge on any atom is -0.424 e. The third-order valence-corrected chi connectivity index (χ3v) is 6.16. The van der Waals surface area contributed by atoms with Gasteiger partial charge in [-0.2, -0.15) is 9.50 Å². The zero-order chi connectivity index (χ0) is 22.5. The van der Waals surface area contributed by atoms with Gasteiger partial charge in [-0.15, -0.1) is 5.11 Å². The van der Waals surface area contributed by atoms with E-state index in [0.717, 1.165) is 11.3 Å². The number of nitrogens with zero attached hydrogens (tertiary/aromatic N) is 4. The molecule has 8 nitrogen and oxygen atoms in total. The molecule has 2 atom stereocenters. The number of carbonyl (C=O) groups is 1. The first-order valence-corrected chi connectivity index (χ1v) is 10.5. The van der Waals surface area contributed by atoms with E-state index in [-0.39, 0.29) is 11.9 Å². The molecule has 0 fully saturated rings. The second-order valence-electron chi connectivity index (χ2n) is 8.76. The van der Waals surface area contributed by atoms with E-state index in [9.17, 15) is 4.79 Å². The molecule has 3 aliphatic rings. The lowest BCUT2D eigenvalue weighted by Crippen LogP contribution is -2.58. The molecule has 0 saturated heterocycles. The van der Waals surface area contributed by atoms with E-state index in [0.29, 0.717) is 29.7 Å². The lowest BCUT2D eigenvalue weighted by molar-refractivity contribution is -0.120. The van der Waals surface area contributed by atoms with Gasteiger partial charge in [0.25, 0.3) is 5.91 Å². The summed E-state index contributed by atoms with van der Waals surface area (Å²) < 4.78 is 20.9. The molecular weight excluding hydrogens is 411 g/mol. The Labute approximate surface area is 184 Å². The molecule has 0 radical (unpaired) electrons. The van der Waals surface area contributed by atoms with E-state index < -0.39 is 23.1 Å². The predicted molar refractivity (Wildman–Crippen MR) is 114 cm³/mol. The quantitative estimate of drug-likeness (QED) is 0.707. The topological polar surface area (TPSA) is 101 Å². The Hall–Kier alpha value is -3.62. The zero-order valence-corrected chi connectivity index (χ0v) is 18.0. The number of carbonyl (C=O) groups excluding carboxylic acids is 1. The molecule has 164 valence electrons. The van der Waals surface area contributed by atoms with Gasteiger partial charge in [0.2, 0.25) is 5.95 Å². The Balaban J connectivity index is 1.69. The number of amides is 1. The monoisotopic (exact) mass is 434 g/mol. The van der Waals surface area contributed by atoms with E-state index in [4.69, 9.17) is 4.74 Å². The van der Waals surface area contributed by atoms with Crippen LogP contribution in [0.25, 0.3) is 0 Å². The molecule has 0 spiro atoms. The van der Waals surface area contributed by atoms with Crippen LogP contribution in [-0.2, 0) is 10.2 Å². The highest BCUT2D eigenvalue weighted by molar-refractivity contribution is 6.00. The number of azo groups is 1. The fraction of sp³-hybridized carbons (Fsp3) is 0.348. The molecule has 1 aromatic heterocycles. The molecule has 0 bridgehead atoms. The summed E-state index contributed by atoms with van der Waals surface area (Å²) in [4.78, 5) is 21.6. The maximum Gasteiger partial charge on any atom is 0.321 e. The summed E-state index contributed by atoms with van der Waals surface area (Å²) in [5.74, 6) is -0.400. The Morgan fingerprint density at radius 1 is 1.22 bits per heavy atom. The Bertz CT molecular complexity index is 1190.